The molecule has 0 bridgehead atoms. The number of amides is 1. The van der Waals surface area contributed by atoms with E-state index in [4.69, 9.17) is 5.73 Å². The largest absolute Gasteiger partial charge is 0.397 e. The topological polar surface area (TPSA) is 51.3 Å². The molecule has 1 saturated heterocycles. The summed E-state index contributed by atoms with van der Waals surface area (Å²) < 4.78 is 2.08. The maximum absolute atomic E-state index is 12.4. The average Bonchev–Trinajstić information content (AvgIpc) is 3.13. The second-order valence-electron chi connectivity index (χ2n) is 5.15. The molecule has 0 atom stereocenters. The van der Waals surface area contributed by atoms with Gasteiger partial charge in [-0.2, -0.15) is 0 Å². The summed E-state index contributed by atoms with van der Waals surface area (Å²) in [4.78, 5) is 14.4. The van der Waals surface area contributed by atoms with Gasteiger partial charge in [-0.3, -0.25) is 4.79 Å². The number of anilines is 1. The summed E-state index contributed by atoms with van der Waals surface area (Å²) in [7, 11) is 0. The summed E-state index contributed by atoms with van der Waals surface area (Å²) >= 11 is 0. The zero-order chi connectivity index (χ0) is 11.8. The minimum absolute atomic E-state index is 0.160. The Bertz CT molecular complexity index is 428. The van der Waals surface area contributed by atoms with Gasteiger partial charge in [-0.25, -0.2) is 0 Å². The predicted molar refractivity (Wildman–Crippen MR) is 66.9 cm³/mol. The summed E-state index contributed by atoms with van der Waals surface area (Å²) in [6.45, 7) is 1.79. The van der Waals surface area contributed by atoms with Gasteiger partial charge in [0.05, 0.1) is 5.69 Å². The zero-order valence-electron chi connectivity index (χ0n) is 10.1. The van der Waals surface area contributed by atoms with Gasteiger partial charge in [0, 0.05) is 25.3 Å². The molecule has 0 unspecified atom stereocenters. The number of nitrogen functional groups attached to an aromatic ring is 1. The number of piperidine rings is 1. The minimum Gasteiger partial charge on any atom is -0.397 e. The Labute approximate surface area is 101 Å². The lowest BCUT2D eigenvalue weighted by atomic mass is 10.1. The number of hydrogen-bond acceptors (Lipinski definition) is 2. The van der Waals surface area contributed by atoms with E-state index in [9.17, 15) is 4.79 Å². The van der Waals surface area contributed by atoms with Crippen LogP contribution in [0.25, 0.3) is 0 Å². The highest BCUT2D eigenvalue weighted by Crippen LogP contribution is 2.37. The number of carbonyl (C=O) groups excluding carboxylic acids is 1. The van der Waals surface area contributed by atoms with E-state index in [1.165, 1.54) is 19.3 Å². The predicted octanol–water partition coefficient (Wildman–Crippen LogP) is 2.03. The van der Waals surface area contributed by atoms with Crippen molar-refractivity contribution in [2.75, 3.05) is 18.8 Å². The van der Waals surface area contributed by atoms with Crippen molar-refractivity contribution in [3.8, 4) is 0 Å². The van der Waals surface area contributed by atoms with Crippen molar-refractivity contribution in [2.24, 2.45) is 0 Å². The molecule has 0 spiro atoms. The average molecular weight is 233 g/mol. The number of hydrogen-bond donors (Lipinski definition) is 1. The first-order chi connectivity index (χ1) is 8.25. The molecular weight excluding hydrogens is 214 g/mol. The van der Waals surface area contributed by atoms with Crippen LogP contribution in [0.4, 0.5) is 5.69 Å². The lowest BCUT2D eigenvalue weighted by Gasteiger charge is -2.27. The van der Waals surface area contributed by atoms with Crippen LogP contribution in [0.15, 0.2) is 12.3 Å². The molecule has 0 aromatic carbocycles. The molecular formula is C13H19N3O. The van der Waals surface area contributed by atoms with E-state index in [2.05, 4.69) is 4.57 Å². The van der Waals surface area contributed by atoms with Gasteiger partial charge in [-0.1, -0.05) is 0 Å². The Morgan fingerprint density at radius 3 is 2.59 bits per heavy atom. The van der Waals surface area contributed by atoms with Crippen molar-refractivity contribution in [2.45, 2.75) is 38.1 Å². The number of aromatic nitrogens is 1. The molecule has 1 aromatic heterocycles. The van der Waals surface area contributed by atoms with Crippen LogP contribution < -0.4 is 5.73 Å². The van der Waals surface area contributed by atoms with Gasteiger partial charge in [-0.05, 0) is 38.2 Å². The second-order valence-corrected chi connectivity index (χ2v) is 5.15. The van der Waals surface area contributed by atoms with Crippen molar-refractivity contribution in [3.63, 3.8) is 0 Å². The highest BCUT2D eigenvalue weighted by Gasteiger charge is 2.29. The monoisotopic (exact) mass is 233 g/mol. The molecule has 1 saturated carbocycles. The van der Waals surface area contributed by atoms with E-state index in [-0.39, 0.29) is 5.91 Å². The third kappa shape index (κ3) is 2.04. The van der Waals surface area contributed by atoms with E-state index in [1.54, 1.807) is 0 Å². The van der Waals surface area contributed by atoms with Crippen LogP contribution in [-0.4, -0.2) is 28.5 Å². The van der Waals surface area contributed by atoms with Crippen LogP contribution in [0.2, 0.25) is 0 Å². The number of nitrogens with two attached hydrogens (primary N) is 1. The van der Waals surface area contributed by atoms with E-state index in [1.807, 2.05) is 17.2 Å². The highest BCUT2D eigenvalue weighted by molar-refractivity contribution is 5.94. The third-order valence-electron chi connectivity index (χ3n) is 3.67. The SMILES string of the molecule is Nc1cc(C(=O)N2CCCCC2)n(C2CC2)c1. The molecule has 2 aliphatic rings. The molecule has 1 aliphatic heterocycles. The van der Waals surface area contributed by atoms with Crippen LogP contribution in [0.1, 0.15) is 48.6 Å². The molecule has 0 radical (unpaired) electrons. The van der Waals surface area contributed by atoms with Crippen LogP contribution in [0, 0.1) is 0 Å². The summed E-state index contributed by atoms with van der Waals surface area (Å²) in [5.41, 5.74) is 7.31. The summed E-state index contributed by atoms with van der Waals surface area (Å²) in [5.74, 6) is 0.160. The van der Waals surface area contributed by atoms with Crippen molar-refractivity contribution in [1.29, 1.82) is 0 Å². The summed E-state index contributed by atoms with van der Waals surface area (Å²) in [6, 6.07) is 2.34. The van der Waals surface area contributed by atoms with Gasteiger partial charge in [0.2, 0.25) is 0 Å². The fourth-order valence-electron chi connectivity index (χ4n) is 2.59. The summed E-state index contributed by atoms with van der Waals surface area (Å²) in [5, 5.41) is 0. The Morgan fingerprint density at radius 1 is 1.24 bits per heavy atom. The van der Waals surface area contributed by atoms with Crippen LogP contribution in [0.3, 0.4) is 0 Å². The van der Waals surface area contributed by atoms with Gasteiger partial charge < -0.3 is 15.2 Å². The Balaban J connectivity index is 1.84. The van der Waals surface area contributed by atoms with Crippen molar-refractivity contribution >= 4 is 11.6 Å². The number of likely N-dealkylation sites (tertiary alicyclic amines) is 1. The second kappa shape index (κ2) is 4.09. The Hall–Kier alpha value is -1.45. The molecule has 4 heteroatoms. The molecule has 17 heavy (non-hydrogen) atoms. The molecule has 4 nitrogen and oxygen atoms in total. The molecule has 2 fully saturated rings. The molecule has 92 valence electrons. The van der Waals surface area contributed by atoms with Gasteiger partial charge in [0.25, 0.3) is 5.91 Å². The van der Waals surface area contributed by atoms with Crippen molar-refractivity contribution in [3.05, 3.63) is 18.0 Å². The number of nitrogens with zero attached hydrogens (tertiary/aromatic N) is 2. The number of carbonyl (C=O) groups is 1. The lowest BCUT2D eigenvalue weighted by molar-refractivity contribution is 0.0713. The maximum atomic E-state index is 12.4. The molecule has 2 N–H and O–H groups in total. The molecule has 1 amide bonds. The molecule has 3 rings (SSSR count). The first-order valence-electron chi connectivity index (χ1n) is 6.52. The highest BCUT2D eigenvalue weighted by atomic mass is 16.2. The summed E-state index contributed by atoms with van der Waals surface area (Å²) in [6.07, 6.45) is 7.77. The van der Waals surface area contributed by atoms with E-state index < -0.39 is 0 Å². The van der Waals surface area contributed by atoms with E-state index in [0.717, 1.165) is 31.6 Å². The fraction of sp³-hybridized carbons (Fsp3) is 0.615. The molecule has 2 heterocycles. The molecule has 1 aromatic rings. The van der Waals surface area contributed by atoms with Gasteiger partial charge >= 0.3 is 0 Å². The maximum Gasteiger partial charge on any atom is 0.270 e. The van der Waals surface area contributed by atoms with Crippen LogP contribution in [-0.2, 0) is 0 Å². The van der Waals surface area contributed by atoms with E-state index in [0.29, 0.717) is 11.7 Å². The Morgan fingerprint density at radius 2 is 1.94 bits per heavy atom. The first kappa shape index (κ1) is 10.7. The Kier molecular flexibility index (Phi) is 2.57. The van der Waals surface area contributed by atoms with Crippen molar-refractivity contribution in [1.82, 2.24) is 9.47 Å². The fourth-order valence-corrected chi connectivity index (χ4v) is 2.59. The number of rotatable bonds is 2. The van der Waals surface area contributed by atoms with Crippen molar-refractivity contribution < 1.29 is 4.79 Å². The standard InChI is InChI=1S/C13H19N3O/c14-10-8-12(16(9-10)11-4-5-11)13(17)15-6-2-1-3-7-15/h8-9,11H,1-7,14H2. The van der Waals surface area contributed by atoms with Crippen LogP contribution in [0.5, 0.6) is 0 Å². The van der Waals surface area contributed by atoms with E-state index >= 15 is 0 Å². The quantitative estimate of drug-likeness (QED) is 0.849. The van der Waals surface area contributed by atoms with Gasteiger partial charge in [0.1, 0.15) is 5.69 Å². The first-order valence-corrected chi connectivity index (χ1v) is 6.52. The smallest absolute Gasteiger partial charge is 0.270 e. The molecule has 1 aliphatic carbocycles. The third-order valence-corrected chi connectivity index (χ3v) is 3.67. The van der Waals surface area contributed by atoms with Gasteiger partial charge in [0.15, 0.2) is 0 Å². The van der Waals surface area contributed by atoms with Crippen LogP contribution >= 0.6 is 0 Å². The normalized spacial score (nSPS) is 20.6. The lowest BCUT2D eigenvalue weighted by Crippen LogP contribution is -2.36. The zero-order valence-corrected chi connectivity index (χ0v) is 10.1. The minimum atomic E-state index is 0.160. The van der Waals surface area contributed by atoms with Gasteiger partial charge in [-0.15, -0.1) is 0 Å².